The number of nitrogens with zero attached hydrogens (tertiary/aromatic N) is 2. The molecule has 6 nitrogen and oxygen atoms in total. The van der Waals surface area contributed by atoms with Crippen LogP contribution in [0.15, 0.2) is 60.8 Å². The fraction of sp³-hybridized carbons (Fsp3) is 0.150. The highest BCUT2D eigenvalue weighted by Gasteiger charge is 2.06. The van der Waals surface area contributed by atoms with Crippen LogP contribution in [0.4, 0.5) is 0 Å². The van der Waals surface area contributed by atoms with E-state index in [9.17, 15) is 4.79 Å². The van der Waals surface area contributed by atoms with E-state index in [1.165, 1.54) is 0 Å². The van der Waals surface area contributed by atoms with Gasteiger partial charge in [0.25, 0.3) is 5.91 Å². The molecule has 2 aromatic heterocycles. The van der Waals surface area contributed by atoms with Crippen molar-refractivity contribution in [2.24, 2.45) is 0 Å². The summed E-state index contributed by atoms with van der Waals surface area (Å²) in [5.41, 5.74) is 2.83. The summed E-state index contributed by atoms with van der Waals surface area (Å²) in [6, 6.07) is 17.3. The van der Waals surface area contributed by atoms with E-state index in [0.717, 1.165) is 27.8 Å². The van der Waals surface area contributed by atoms with Crippen molar-refractivity contribution >= 4 is 27.8 Å². The number of amides is 1. The zero-order chi connectivity index (χ0) is 17.8. The number of aromatic amines is 1. The molecule has 0 atom stereocenters. The highest BCUT2D eigenvalue weighted by atomic mass is 16.5. The number of pyridine rings is 1. The van der Waals surface area contributed by atoms with Gasteiger partial charge in [-0.1, -0.05) is 18.2 Å². The minimum absolute atomic E-state index is 0.0219. The summed E-state index contributed by atoms with van der Waals surface area (Å²) in [6.07, 6.45) is 2.39. The van der Waals surface area contributed by atoms with Crippen LogP contribution in [0, 0.1) is 0 Å². The lowest BCUT2D eigenvalue weighted by molar-refractivity contribution is -0.123. The lowest BCUT2D eigenvalue weighted by Crippen LogP contribution is -2.30. The van der Waals surface area contributed by atoms with E-state index in [2.05, 4.69) is 20.3 Å². The van der Waals surface area contributed by atoms with Crippen molar-refractivity contribution in [2.75, 3.05) is 13.2 Å². The number of imidazole rings is 1. The maximum Gasteiger partial charge on any atom is 0.257 e. The molecule has 0 aliphatic carbocycles. The van der Waals surface area contributed by atoms with Crippen LogP contribution < -0.4 is 10.1 Å². The molecule has 0 aliphatic rings. The predicted molar refractivity (Wildman–Crippen MR) is 100 cm³/mol. The summed E-state index contributed by atoms with van der Waals surface area (Å²) in [6.45, 7) is 0.482. The number of carbonyl (C=O) groups excluding carboxylic acids is 1. The predicted octanol–water partition coefficient (Wildman–Crippen LogP) is 2.85. The first-order chi connectivity index (χ1) is 12.8. The molecule has 6 heteroatoms. The van der Waals surface area contributed by atoms with Gasteiger partial charge in [0.05, 0.1) is 16.6 Å². The lowest BCUT2D eigenvalue weighted by atomic mass is 10.2. The molecule has 0 bridgehead atoms. The summed E-state index contributed by atoms with van der Waals surface area (Å²) in [5, 5.41) is 3.83. The normalized spacial score (nSPS) is 10.9. The van der Waals surface area contributed by atoms with Crippen molar-refractivity contribution in [1.82, 2.24) is 20.3 Å². The molecule has 0 fully saturated rings. The molecule has 26 heavy (non-hydrogen) atoms. The smallest absolute Gasteiger partial charge is 0.257 e. The Hall–Kier alpha value is -3.41. The standard InChI is InChI=1S/C20H18N4O2/c25-20(13-26-15-7-8-16-14(12-15)4-3-10-21-16)22-11-9-19-23-17-5-1-2-6-18(17)24-19/h1-8,10,12H,9,11,13H2,(H,22,25)(H,23,24). The second-order valence-corrected chi connectivity index (χ2v) is 5.95. The molecular formula is C20H18N4O2. The molecule has 0 saturated heterocycles. The number of fused-ring (bicyclic) bond motifs is 2. The van der Waals surface area contributed by atoms with Crippen molar-refractivity contribution in [1.29, 1.82) is 0 Å². The molecule has 0 spiro atoms. The number of H-pyrrole nitrogens is 1. The van der Waals surface area contributed by atoms with Crippen molar-refractivity contribution < 1.29 is 9.53 Å². The summed E-state index contributed by atoms with van der Waals surface area (Å²) < 4.78 is 5.56. The number of aromatic nitrogens is 3. The molecule has 0 radical (unpaired) electrons. The van der Waals surface area contributed by atoms with E-state index in [1.807, 2.05) is 54.6 Å². The maximum atomic E-state index is 12.0. The molecule has 2 heterocycles. The number of hydrogen-bond acceptors (Lipinski definition) is 4. The molecule has 1 amide bonds. The first-order valence-corrected chi connectivity index (χ1v) is 8.46. The second-order valence-electron chi connectivity index (χ2n) is 5.95. The van der Waals surface area contributed by atoms with Gasteiger partial charge in [-0.3, -0.25) is 9.78 Å². The number of ether oxygens (including phenoxy) is 1. The van der Waals surface area contributed by atoms with E-state index in [0.29, 0.717) is 18.7 Å². The number of para-hydroxylation sites is 2. The molecule has 4 aromatic rings. The largest absolute Gasteiger partial charge is 0.484 e. The Bertz CT molecular complexity index is 1020. The van der Waals surface area contributed by atoms with Crippen LogP contribution in [0.2, 0.25) is 0 Å². The Labute approximate surface area is 150 Å². The highest BCUT2D eigenvalue weighted by molar-refractivity contribution is 5.80. The number of hydrogen-bond donors (Lipinski definition) is 2. The Morgan fingerprint density at radius 3 is 2.92 bits per heavy atom. The number of benzene rings is 2. The molecule has 4 rings (SSSR count). The van der Waals surface area contributed by atoms with Crippen molar-refractivity contribution in [3.63, 3.8) is 0 Å². The summed E-state index contributed by atoms with van der Waals surface area (Å²) in [7, 11) is 0. The fourth-order valence-corrected chi connectivity index (χ4v) is 2.79. The first kappa shape index (κ1) is 16.1. The van der Waals surface area contributed by atoms with Gasteiger partial charge in [0.15, 0.2) is 6.61 Å². The van der Waals surface area contributed by atoms with Crippen LogP contribution in [-0.4, -0.2) is 34.0 Å². The third kappa shape index (κ3) is 3.64. The van der Waals surface area contributed by atoms with Gasteiger partial charge in [0, 0.05) is 24.5 Å². The number of nitrogens with one attached hydrogen (secondary N) is 2. The summed E-state index contributed by atoms with van der Waals surface area (Å²) >= 11 is 0. The Balaban J connectivity index is 1.27. The third-order valence-corrected chi connectivity index (χ3v) is 4.07. The van der Waals surface area contributed by atoms with Gasteiger partial charge in [0.1, 0.15) is 11.6 Å². The zero-order valence-electron chi connectivity index (χ0n) is 14.1. The van der Waals surface area contributed by atoms with Crippen LogP contribution in [0.3, 0.4) is 0 Å². The van der Waals surface area contributed by atoms with Crippen molar-refractivity contribution in [3.05, 3.63) is 66.6 Å². The molecule has 0 aliphatic heterocycles. The minimum Gasteiger partial charge on any atom is -0.484 e. The van der Waals surface area contributed by atoms with Crippen LogP contribution >= 0.6 is 0 Å². The Kier molecular flexibility index (Phi) is 4.47. The average molecular weight is 346 g/mol. The lowest BCUT2D eigenvalue weighted by Gasteiger charge is -2.07. The van der Waals surface area contributed by atoms with Gasteiger partial charge >= 0.3 is 0 Å². The van der Waals surface area contributed by atoms with Crippen LogP contribution in [0.25, 0.3) is 21.9 Å². The van der Waals surface area contributed by atoms with Crippen LogP contribution in [0.1, 0.15) is 5.82 Å². The molecule has 0 saturated carbocycles. The van der Waals surface area contributed by atoms with E-state index < -0.39 is 0 Å². The first-order valence-electron chi connectivity index (χ1n) is 8.46. The summed E-state index contributed by atoms with van der Waals surface area (Å²) in [5.74, 6) is 1.35. The van der Waals surface area contributed by atoms with Gasteiger partial charge < -0.3 is 15.0 Å². The number of rotatable bonds is 6. The van der Waals surface area contributed by atoms with Crippen LogP contribution in [-0.2, 0) is 11.2 Å². The van der Waals surface area contributed by atoms with E-state index in [1.54, 1.807) is 6.20 Å². The van der Waals surface area contributed by atoms with Crippen molar-refractivity contribution in [2.45, 2.75) is 6.42 Å². The molecule has 130 valence electrons. The topological polar surface area (TPSA) is 79.9 Å². The van der Waals surface area contributed by atoms with E-state index >= 15 is 0 Å². The minimum atomic E-state index is -0.160. The molecular weight excluding hydrogens is 328 g/mol. The van der Waals surface area contributed by atoms with Gasteiger partial charge in [-0.25, -0.2) is 4.98 Å². The second kappa shape index (κ2) is 7.23. The SMILES string of the molecule is O=C(COc1ccc2ncccc2c1)NCCc1nc2ccccc2[nH]1. The van der Waals surface area contributed by atoms with E-state index in [-0.39, 0.29) is 12.5 Å². The summed E-state index contributed by atoms with van der Waals surface area (Å²) in [4.78, 5) is 24.0. The fourth-order valence-electron chi connectivity index (χ4n) is 2.79. The van der Waals surface area contributed by atoms with Crippen LogP contribution in [0.5, 0.6) is 5.75 Å². The van der Waals surface area contributed by atoms with E-state index in [4.69, 9.17) is 4.74 Å². The number of carbonyl (C=O) groups is 1. The Morgan fingerprint density at radius 1 is 1.08 bits per heavy atom. The molecule has 2 aromatic carbocycles. The average Bonchev–Trinajstić information content (AvgIpc) is 3.09. The Morgan fingerprint density at radius 2 is 2.00 bits per heavy atom. The molecule has 2 N–H and O–H groups in total. The van der Waals surface area contributed by atoms with Gasteiger partial charge in [-0.05, 0) is 36.4 Å². The van der Waals surface area contributed by atoms with Crippen molar-refractivity contribution in [3.8, 4) is 5.75 Å². The zero-order valence-corrected chi connectivity index (χ0v) is 14.1. The van der Waals surface area contributed by atoms with Gasteiger partial charge in [-0.2, -0.15) is 0 Å². The highest BCUT2D eigenvalue weighted by Crippen LogP contribution is 2.18. The van der Waals surface area contributed by atoms with Gasteiger partial charge in [-0.15, -0.1) is 0 Å². The maximum absolute atomic E-state index is 12.0. The quantitative estimate of drug-likeness (QED) is 0.563. The molecule has 0 unspecified atom stereocenters. The van der Waals surface area contributed by atoms with Gasteiger partial charge in [0.2, 0.25) is 0 Å². The third-order valence-electron chi connectivity index (χ3n) is 4.07. The monoisotopic (exact) mass is 346 g/mol.